The normalized spacial score (nSPS) is 24.1. The summed E-state index contributed by atoms with van der Waals surface area (Å²) in [6.45, 7) is 9.15. The van der Waals surface area contributed by atoms with Crippen molar-refractivity contribution in [2.24, 2.45) is 23.7 Å². The Morgan fingerprint density at radius 3 is 2.31 bits per heavy atom. The fourth-order valence-electron chi connectivity index (χ4n) is 7.46. The third kappa shape index (κ3) is 6.57. The lowest BCUT2D eigenvalue weighted by Gasteiger charge is -2.44. The molecule has 1 heterocycles. The molecule has 0 spiro atoms. The van der Waals surface area contributed by atoms with Gasteiger partial charge in [0.05, 0.1) is 0 Å². The highest BCUT2D eigenvalue weighted by Crippen LogP contribution is 2.40. The number of carbonyl (C=O) groups is 2. The predicted octanol–water partition coefficient (Wildman–Crippen LogP) is 8.32. The molecular weight excluding hydrogens is 482 g/mol. The van der Waals surface area contributed by atoms with Crippen LogP contribution >= 0.6 is 0 Å². The number of H-pyrrole nitrogens is 1. The molecule has 208 valence electrons. The number of benzene rings is 2. The maximum absolute atomic E-state index is 13.5. The summed E-state index contributed by atoms with van der Waals surface area (Å²) >= 11 is 0. The molecule has 0 bridgehead atoms. The molecule has 5 rings (SSSR count). The topological polar surface area (TPSA) is 74.0 Å². The van der Waals surface area contributed by atoms with Gasteiger partial charge in [0.15, 0.2) is 0 Å². The van der Waals surface area contributed by atoms with Crippen LogP contribution in [0.4, 0.5) is 5.69 Å². The van der Waals surface area contributed by atoms with Crippen molar-refractivity contribution >= 4 is 28.4 Å². The first-order chi connectivity index (χ1) is 18.7. The molecule has 1 aromatic heterocycles. The summed E-state index contributed by atoms with van der Waals surface area (Å²) < 4.78 is 0. The molecule has 2 unspecified atom stereocenters. The second-order valence-electron chi connectivity index (χ2n) is 13.1. The van der Waals surface area contributed by atoms with Gasteiger partial charge in [0.25, 0.3) is 5.91 Å². The van der Waals surface area contributed by atoms with Crippen LogP contribution in [-0.4, -0.2) is 22.3 Å². The second kappa shape index (κ2) is 11.6. The van der Waals surface area contributed by atoms with Gasteiger partial charge in [-0.3, -0.25) is 9.59 Å². The Hall–Kier alpha value is -3.08. The molecule has 2 aliphatic rings. The van der Waals surface area contributed by atoms with E-state index < -0.39 is 0 Å². The highest BCUT2D eigenvalue weighted by atomic mass is 16.2. The van der Waals surface area contributed by atoms with Gasteiger partial charge in [0.1, 0.15) is 0 Å². The average molecular weight is 528 g/mol. The minimum absolute atomic E-state index is 0.0275. The number of hydrogen-bond acceptors (Lipinski definition) is 2. The van der Waals surface area contributed by atoms with E-state index in [-0.39, 0.29) is 23.3 Å². The van der Waals surface area contributed by atoms with Gasteiger partial charge in [-0.05, 0) is 98.2 Å². The molecular formula is C34H45N3O2. The van der Waals surface area contributed by atoms with Crippen LogP contribution < -0.4 is 10.6 Å². The van der Waals surface area contributed by atoms with E-state index in [1.807, 2.05) is 42.5 Å². The van der Waals surface area contributed by atoms with Gasteiger partial charge in [-0.15, -0.1) is 0 Å². The van der Waals surface area contributed by atoms with E-state index >= 15 is 0 Å². The third-order valence-corrected chi connectivity index (χ3v) is 8.78. The smallest absolute Gasteiger partial charge is 0.251 e. The van der Waals surface area contributed by atoms with Crippen LogP contribution in [0, 0.1) is 23.7 Å². The van der Waals surface area contributed by atoms with Gasteiger partial charge in [-0.2, -0.15) is 0 Å². The molecule has 3 aromatic rings. The summed E-state index contributed by atoms with van der Waals surface area (Å²) in [5.41, 5.74) is 4.48. The first kappa shape index (κ1) is 27.5. The van der Waals surface area contributed by atoms with Crippen LogP contribution in [0.3, 0.4) is 0 Å². The van der Waals surface area contributed by atoms with E-state index in [1.165, 1.54) is 12.8 Å². The van der Waals surface area contributed by atoms with Gasteiger partial charge in [0.2, 0.25) is 5.91 Å². The summed E-state index contributed by atoms with van der Waals surface area (Å²) in [6.07, 6.45) is 9.89. The van der Waals surface area contributed by atoms with Crippen molar-refractivity contribution in [3.05, 3.63) is 54.1 Å². The Bertz CT molecular complexity index is 1280. The van der Waals surface area contributed by atoms with Crippen molar-refractivity contribution in [3.63, 3.8) is 0 Å². The Kier molecular flexibility index (Phi) is 8.16. The molecule has 0 saturated heterocycles. The lowest BCUT2D eigenvalue weighted by Crippen LogP contribution is -2.53. The maximum Gasteiger partial charge on any atom is 0.251 e. The minimum atomic E-state index is -0.130. The standard InChI is InChI=1S/C34H45N3O2/c1-22(2)19-34(20-23(3)16-24(4)21-34)37-33(39)27-12-15-30-28(17-27)18-31(36-30)25-10-13-29(14-11-25)35-32(38)26-8-6-5-7-9-26/h10-15,17-18,22-24,26,36H,5-9,16,19-21H2,1-4H3,(H,35,38)(H,37,39). The SMILES string of the molecule is CC(C)CC1(NC(=O)c2ccc3[nH]c(-c4ccc(NC(=O)C5CCCCC5)cc4)cc3c2)CC(C)CC(C)C1. The molecule has 2 saturated carbocycles. The fraction of sp³-hybridized carbons (Fsp3) is 0.529. The lowest BCUT2D eigenvalue weighted by atomic mass is 9.68. The number of anilines is 1. The molecule has 2 fully saturated rings. The van der Waals surface area contributed by atoms with Crippen LogP contribution in [-0.2, 0) is 4.79 Å². The quantitative estimate of drug-likeness (QED) is 0.289. The first-order valence-corrected chi connectivity index (χ1v) is 15.1. The van der Waals surface area contributed by atoms with E-state index in [0.717, 1.165) is 72.8 Å². The van der Waals surface area contributed by atoms with Gasteiger partial charge >= 0.3 is 0 Å². The van der Waals surface area contributed by atoms with Crippen LogP contribution in [0.1, 0.15) is 95.8 Å². The Morgan fingerprint density at radius 1 is 0.949 bits per heavy atom. The van der Waals surface area contributed by atoms with Crippen molar-refractivity contribution in [3.8, 4) is 11.3 Å². The molecule has 2 aliphatic carbocycles. The molecule has 0 radical (unpaired) electrons. The zero-order chi connectivity index (χ0) is 27.6. The average Bonchev–Trinajstić information content (AvgIpc) is 3.32. The third-order valence-electron chi connectivity index (χ3n) is 8.78. The summed E-state index contributed by atoms with van der Waals surface area (Å²) in [4.78, 5) is 29.6. The number of amides is 2. The van der Waals surface area contributed by atoms with Crippen LogP contribution in [0.25, 0.3) is 22.2 Å². The van der Waals surface area contributed by atoms with E-state index in [0.29, 0.717) is 23.3 Å². The van der Waals surface area contributed by atoms with Gasteiger partial charge in [-0.25, -0.2) is 0 Å². The summed E-state index contributed by atoms with van der Waals surface area (Å²) in [5, 5.41) is 7.63. The van der Waals surface area contributed by atoms with Crippen molar-refractivity contribution in [2.75, 3.05) is 5.32 Å². The van der Waals surface area contributed by atoms with E-state index in [4.69, 9.17) is 0 Å². The molecule has 2 amide bonds. The van der Waals surface area contributed by atoms with Crippen molar-refractivity contribution in [1.82, 2.24) is 10.3 Å². The van der Waals surface area contributed by atoms with Crippen molar-refractivity contribution < 1.29 is 9.59 Å². The Balaban J connectivity index is 1.29. The van der Waals surface area contributed by atoms with Gasteiger partial charge < -0.3 is 15.6 Å². The first-order valence-electron chi connectivity index (χ1n) is 15.1. The number of carbonyl (C=O) groups excluding carboxylic acids is 2. The van der Waals surface area contributed by atoms with E-state index in [9.17, 15) is 9.59 Å². The molecule has 0 aliphatic heterocycles. The molecule has 2 atom stereocenters. The van der Waals surface area contributed by atoms with Gasteiger partial charge in [-0.1, -0.05) is 59.1 Å². The number of fused-ring (bicyclic) bond motifs is 1. The largest absolute Gasteiger partial charge is 0.355 e. The fourth-order valence-corrected chi connectivity index (χ4v) is 7.46. The second-order valence-corrected chi connectivity index (χ2v) is 13.1. The van der Waals surface area contributed by atoms with Crippen molar-refractivity contribution in [2.45, 2.75) is 91.0 Å². The Labute approximate surface area is 233 Å². The molecule has 39 heavy (non-hydrogen) atoms. The minimum Gasteiger partial charge on any atom is -0.355 e. The molecule has 5 heteroatoms. The number of rotatable bonds is 7. The Morgan fingerprint density at radius 2 is 1.64 bits per heavy atom. The van der Waals surface area contributed by atoms with E-state index in [1.54, 1.807) is 0 Å². The van der Waals surface area contributed by atoms with Gasteiger partial charge in [0, 0.05) is 39.3 Å². The van der Waals surface area contributed by atoms with Crippen molar-refractivity contribution in [1.29, 1.82) is 0 Å². The molecule has 3 N–H and O–H groups in total. The zero-order valence-electron chi connectivity index (χ0n) is 24.1. The summed E-state index contributed by atoms with van der Waals surface area (Å²) in [6, 6.07) is 16.1. The number of aromatic nitrogens is 1. The summed E-state index contributed by atoms with van der Waals surface area (Å²) in [5.74, 6) is 2.09. The number of aromatic amines is 1. The monoisotopic (exact) mass is 527 g/mol. The van der Waals surface area contributed by atoms with Crippen LogP contribution in [0.2, 0.25) is 0 Å². The number of nitrogens with one attached hydrogen (secondary N) is 3. The highest BCUT2D eigenvalue weighted by molar-refractivity contribution is 5.99. The molecule has 2 aromatic carbocycles. The lowest BCUT2D eigenvalue weighted by molar-refractivity contribution is -0.120. The van der Waals surface area contributed by atoms with Crippen LogP contribution in [0.15, 0.2) is 48.5 Å². The van der Waals surface area contributed by atoms with Crippen LogP contribution in [0.5, 0.6) is 0 Å². The maximum atomic E-state index is 13.5. The molecule has 5 nitrogen and oxygen atoms in total. The zero-order valence-corrected chi connectivity index (χ0v) is 24.1. The van der Waals surface area contributed by atoms with E-state index in [2.05, 4.69) is 49.4 Å². The number of hydrogen-bond donors (Lipinski definition) is 3. The summed E-state index contributed by atoms with van der Waals surface area (Å²) in [7, 11) is 0. The highest BCUT2D eigenvalue weighted by Gasteiger charge is 2.39. The predicted molar refractivity (Wildman–Crippen MR) is 161 cm³/mol.